The number of amides is 1. The van der Waals surface area contributed by atoms with Gasteiger partial charge in [-0.1, -0.05) is 0 Å². The van der Waals surface area contributed by atoms with E-state index in [0.717, 1.165) is 57.7 Å². The number of piperidine rings is 2. The first-order chi connectivity index (χ1) is 12.0. The van der Waals surface area contributed by atoms with Gasteiger partial charge >= 0.3 is 0 Å². The van der Waals surface area contributed by atoms with Crippen molar-refractivity contribution in [1.29, 1.82) is 0 Å². The van der Waals surface area contributed by atoms with Gasteiger partial charge in [-0.3, -0.25) is 4.79 Å². The summed E-state index contributed by atoms with van der Waals surface area (Å²) in [6.45, 7) is 4.05. The Morgan fingerprint density at radius 2 is 2.12 bits per heavy atom. The van der Waals surface area contributed by atoms with Gasteiger partial charge in [-0.25, -0.2) is 0 Å². The summed E-state index contributed by atoms with van der Waals surface area (Å²) in [4.78, 5) is 24.8. The largest absolute Gasteiger partial charge is 0.385 e. The van der Waals surface area contributed by atoms with Crippen LogP contribution in [0.1, 0.15) is 32.1 Å². The molecular formula is C17H28N6O2. The number of rotatable bonds is 5. The number of methoxy groups -OCH3 is 1. The van der Waals surface area contributed by atoms with Crippen LogP contribution >= 0.6 is 0 Å². The lowest BCUT2D eigenvalue weighted by molar-refractivity contribution is -0.138. The number of nitrogen functional groups attached to an aromatic ring is 2. The van der Waals surface area contributed by atoms with E-state index >= 15 is 0 Å². The van der Waals surface area contributed by atoms with Crippen LogP contribution in [0.25, 0.3) is 0 Å². The van der Waals surface area contributed by atoms with Crippen LogP contribution in [-0.4, -0.2) is 60.7 Å². The van der Waals surface area contributed by atoms with Crippen molar-refractivity contribution >= 4 is 23.5 Å². The molecule has 0 radical (unpaired) electrons. The van der Waals surface area contributed by atoms with Crippen molar-refractivity contribution in [3.05, 3.63) is 6.07 Å². The molecule has 0 aromatic carbocycles. The molecule has 2 aliphatic heterocycles. The molecule has 8 heteroatoms. The second-order valence-electron chi connectivity index (χ2n) is 7.20. The number of nitrogens with zero attached hydrogens (tertiary/aromatic N) is 4. The molecule has 2 saturated heterocycles. The van der Waals surface area contributed by atoms with Gasteiger partial charge in [0.25, 0.3) is 0 Å². The number of carbonyl (C=O) groups excluding carboxylic acids is 1. The van der Waals surface area contributed by atoms with E-state index in [1.807, 2.05) is 4.90 Å². The smallest absolute Gasteiger partial charge is 0.223 e. The van der Waals surface area contributed by atoms with E-state index in [9.17, 15) is 4.79 Å². The second-order valence-corrected chi connectivity index (χ2v) is 7.20. The first kappa shape index (κ1) is 17.7. The van der Waals surface area contributed by atoms with Crippen molar-refractivity contribution < 1.29 is 9.53 Å². The Morgan fingerprint density at radius 1 is 1.28 bits per heavy atom. The number of aromatic nitrogens is 2. The van der Waals surface area contributed by atoms with E-state index in [-0.39, 0.29) is 17.3 Å². The molecule has 3 heterocycles. The number of ether oxygens (including phenoxy) is 1. The number of anilines is 3. The van der Waals surface area contributed by atoms with E-state index in [2.05, 4.69) is 14.9 Å². The summed E-state index contributed by atoms with van der Waals surface area (Å²) in [5.41, 5.74) is 11.7. The topological polar surface area (TPSA) is 111 Å². The Bertz CT molecular complexity index is 605. The average Bonchev–Trinajstić information content (AvgIpc) is 2.58. The quantitative estimate of drug-likeness (QED) is 0.760. The highest BCUT2D eigenvalue weighted by molar-refractivity contribution is 5.77. The molecule has 0 bridgehead atoms. The minimum atomic E-state index is 0.119. The van der Waals surface area contributed by atoms with Gasteiger partial charge in [0.1, 0.15) is 11.6 Å². The summed E-state index contributed by atoms with van der Waals surface area (Å²) in [6.07, 6.45) is 4.63. The maximum Gasteiger partial charge on any atom is 0.223 e. The fourth-order valence-corrected chi connectivity index (χ4v) is 4.08. The summed E-state index contributed by atoms with van der Waals surface area (Å²) in [5, 5.41) is 0. The van der Waals surface area contributed by atoms with Crippen LogP contribution in [0.4, 0.5) is 17.6 Å². The highest BCUT2D eigenvalue weighted by Crippen LogP contribution is 2.40. The standard InChI is InChI=1S/C17H28N6O2/c1-25-9-3-8-23-12-17(6-4-15(23)24)5-2-7-22(11-17)14-10-13(18)20-16(19)21-14/h10H,2-9,11-12H2,1H3,(H4,18,19,20,21)/t17-/m1/s1. The van der Waals surface area contributed by atoms with E-state index in [1.165, 1.54) is 0 Å². The molecule has 138 valence electrons. The third-order valence-corrected chi connectivity index (χ3v) is 5.26. The van der Waals surface area contributed by atoms with Gasteiger partial charge < -0.3 is 26.0 Å². The van der Waals surface area contributed by atoms with Crippen molar-refractivity contribution in [1.82, 2.24) is 14.9 Å². The number of carbonyl (C=O) groups is 1. The summed E-state index contributed by atoms with van der Waals surface area (Å²) >= 11 is 0. The number of likely N-dealkylation sites (tertiary alicyclic amines) is 1. The van der Waals surface area contributed by atoms with Crippen molar-refractivity contribution in [2.24, 2.45) is 5.41 Å². The zero-order valence-electron chi connectivity index (χ0n) is 14.9. The Hall–Kier alpha value is -2.09. The highest BCUT2D eigenvalue weighted by Gasteiger charge is 2.41. The molecule has 1 aromatic rings. The molecule has 1 atom stereocenters. The highest BCUT2D eigenvalue weighted by atomic mass is 16.5. The molecule has 1 spiro atoms. The van der Waals surface area contributed by atoms with Gasteiger partial charge in [0, 0.05) is 57.8 Å². The minimum Gasteiger partial charge on any atom is -0.385 e. The van der Waals surface area contributed by atoms with Crippen LogP contribution in [0.5, 0.6) is 0 Å². The zero-order valence-corrected chi connectivity index (χ0v) is 14.9. The first-order valence-corrected chi connectivity index (χ1v) is 8.93. The van der Waals surface area contributed by atoms with Crippen molar-refractivity contribution in [2.75, 3.05) is 56.3 Å². The van der Waals surface area contributed by atoms with Crippen molar-refractivity contribution in [2.45, 2.75) is 32.1 Å². The molecular weight excluding hydrogens is 320 g/mol. The van der Waals surface area contributed by atoms with Crippen LogP contribution < -0.4 is 16.4 Å². The zero-order chi connectivity index (χ0) is 17.9. The normalized spacial score (nSPS) is 24.1. The Balaban J connectivity index is 1.71. The maximum atomic E-state index is 12.3. The van der Waals surface area contributed by atoms with Gasteiger partial charge in [-0.05, 0) is 25.7 Å². The van der Waals surface area contributed by atoms with Gasteiger partial charge in [0.2, 0.25) is 11.9 Å². The molecule has 2 fully saturated rings. The maximum absolute atomic E-state index is 12.3. The summed E-state index contributed by atoms with van der Waals surface area (Å²) < 4.78 is 5.12. The minimum absolute atomic E-state index is 0.119. The molecule has 8 nitrogen and oxygen atoms in total. The molecule has 4 N–H and O–H groups in total. The van der Waals surface area contributed by atoms with Crippen LogP contribution in [-0.2, 0) is 9.53 Å². The van der Waals surface area contributed by atoms with Gasteiger partial charge in [0.15, 0.2) is 0 Å². The SMILES string of the molecule is COCCCN1C[C@]2(CCCN(c3cc(N)nc(N)n3)C2)CCC1=O. The molecule has 0 aliphatic carbocycles. The summed E-state index contributed by atoms with van der Waals surface area (Å²) in [5.74, 6) is 1.64. The second kappa shape index (κ2) is 7.43. The summed E-state index contributed by atoms with van der Waals surface area (Å²) in [7, 11) is 1.69. The van der Waals surface area contributed by atoms with E-state index in [0.29, 0.717) is 18.8 Å². The predicted octanol–water partition coefficient (Wildman–Crippen LogP) is 0.887. The molecule has 25 heavy (non-hydrogen) atoms. The van der Waals surface area contributed by atoms with Crippen LogP contribution in [0.2, 0.25) is 0 Å². The Labute approximate surface area is 148 Å². The Morgan fingerprint density at radius 3 is 2.88 bits per heavy atom. The van der Waals surface area contributed by atoms with Crippen LogP contribution in [0, 0.1) is 5.41 Å². The monoisotopic (exact) mass is 348 g/mol. The third kappa shape index (κ3) is 4.12. The van der Waals surface area contributed by atoms with Crippen LogP contribution in [0.3, 0.4) is 0 Å². The van der Waals surface area contributed by atoms with E-state index in [4.69, 9.17) is 16.2 Å². The fraction of sp³-hybridized carbons (Fsp3) is 0.706. The molecule has 1 aromatic heterocycles. The lowest BCUT2D eigenvalue weighted by Crippen LogP contribution is -2.54. The number of hydrogen-bond donors (Lipinski definition) is 2. The number of nitrogens with two attached hydrogens (primary N) is 2. The molecule has 0 unspecified atom stereocenters. The summed E-state index contributed by atoms with van der Waals surface area (Å²) in [6, 6.07) is 1.78. The molecule has 1 amide bonds. The third-order valence-electron chi connectivity index (χ3n) is 5.26. The van der Waals surface area contributed by atoms with Crippen LogP contribution in [0.15, 0.2) is 6.07 Å². The number of hydrogen-bond acceptors (Lipinski definition) is 7. The van der Waals surface area contributed by atoms with Crippen molar-refractivity contribution in [3.8, 4) is 0 Å². The lowest BCUT2D eigenvalue weighted by Gasteiger charge is -2.48. The van der Waals surface area contributed by atoms with Gasteiger partial charge in [-0.15, -0.1) is 0 Å². The Kier molecular flexibility index (Phi) is 5.27. The molecule has 0 saturated carbocycles. The molecule has 3 rings (SSSR count). The average molecular weight is 348 g/mol. The molecule has 2 aliphatic rings. The van der Waals surface area contributed by atoms with Crippen molar-refractivity contribution in [3.63, 3.8) is 0 Å². The first-order valence-electron chi connectivity index (χ1n) is 8.93. The van der Waals surface area contributed by atoms with E-state index in [1.54, 1.807) is 13.2 Å². The van der Waals surface area contributed by atoms with E-state index < -0.39 is 0 Å². The predicted molar refractivity (Wildman–Crippen MR) is 97.0 cm³/mol. The van der Waals surface area contributed by atoms with Gasteiger partial charge in [0.05, 0.1) is 0 Å². The fourth-order valence-electron chi connectivity index (χ4n) is 4.08. The lowest BCUT2D eigenvalue weighted by atomic mass is 9.73. The van der Waals surface area contributed by atoms with Gasteiger partial charge in [-0.2, -0.15) is 9.97 Å².